The fourth-order valence-corrected chi connectivity index (χ4v) is 3.22. The fraction of sp³-hybridized carbons (Fsp3) is 0.462. The Kier molecular flexibility index (Phi) is 9.51. The van der Waals surface area contributed by atoms with Gasteiger partial charge in [0.2, 0.25) is 5.91 Å². The van der Waals surface area contributed by atoms with Crippen LogP contribution in [0.5, 0.6) is 11.5 Å². The lowest BCUT2D eigenvalue weighted by Gasteiger charge is -2.24. The van der Waals surface area contributed by atoms with E-state index >= 15 is 0 Å². The summed E-state index contributed by atoms with van der Waals surface area (Å²) >= 11 is 5.33. The zero-order valence-electron chi connectivity index (χ0n) is 20.1. The molecule has 2 rings (SSSR count). The topological polar surface area (TPSA) is 59.6 Å². The molecular formula is C26H36N2O3S. The van der Waals surface area contributed by atoms with Gasteiger partial charge in [-0.1, -0.05) is 39.8 Å². The van der Waals surface area contributed by atoms with Crippen LogP contribution >= 0.6 is 12.2 Å². The maximum absolute atomic E-state index is 12.7. The summed E-state index contributed by atoms with van der Waals surface area (Å²) in [5, 5.41) is 6.15. The van der Waals surface area contributed by atoms with Gasteiger partial charge in [0.05, 0.1) is 13.2 Å². The highest BCUT2D eigenvalue weighted by molar-refractivity contribution is 7.80. The van der Waals surface area contributed by atoms with Gasteiger partial charge in [0.15, 0.2) is 5.11 Å². The van der Waals surface area contributed by atoms with Crippen molar-refractivity contribution in [3.05, 3.63) is 53.6 Å². The molecule has 2 N–H and O–H groups in total. The predicted molar refractivity (Wildman–Crippen MR) is 136 cm³/mol. The Bertz CT molecular complexity index is 908. The van der Waals surface area contributed by atoms with Crippen molar-refractivity contribution in [2.75, 3.05) is 18.5 Å². The molecule has 2 aromatic carbocycles. The van der Waals surface area contributed by atoms with E-state index in [0.717, 1.165) is 29.2 Å². The van der Waals surface area contributed by atoms with Gasteiger partial charge in [0.25, 0.3) is 0 Å². The van der Waals surface area contributed by atoms with E-state index < -0.39 is 5.41 Å². The molecule has 0 aliphatic carbocycles. The van der Waals surface area contributed by atoms with Gasteiger partial charge in [-0.25, -0.2) is 0 Å². The van der Waals surface area contributed by atoms with Crippen molar-refractivity contribution < 1.29 is 14.3 Å². The van der Waals surface area contributed by atoms with Crippen LogP contribution in [0.25, 0.3) is 0 Å². The van der Waals surface area contributed by atoms with Gasteiger partial charge < -0.3 is 20.1 Å². The minimum absolute atomic E-state index is 0.112. The summed E-state index contributed by atoms with van der Waals surface area (Å²) in [4.78, 5) is 12.7. The number of carbonyl (C=O) groups excluding carboxylic acids is 1. The molecule has 0 saturated heterocycles. The van der Waals surface area contributed by atoms with Crippen LogP contribution in [-0.2, 0) is 4.79 Å². The second kappa shape index (κ2) is 11.9. The first kappa shape index (κ1) is 25.7. The summed E-state index contributed by atoms with van der Waals surface area (Å²) in [7, 11) is 0. The van der Waals surface area contributed by atoms with Gasteiger partial charge in [-0.05, 0) is 86.3 Å². The molecule has 0 aromatic heterocycles. The van der Waals surface area contributed by atoms with Gasteiger partial charge in [-0.15, -0.1) is 0 Å². The second-order valence-corrected chi connectivity index (χ2v) is 9.65. The van der Waals surface area contributed by atoms with Crippen molar-refractivity contribution in [1.29, 1.82) is 0 Å². The van der Waals surface area contributed by atoms with Gasteiger partial charge in [0, 0.05) is 11.1 Å². The normalized spacial score (nSPS) is 11.2. The highest BCUT2D eigenvalue weighted by atomic mass is 32.1. The van der Waals surface area contributed by atoms with Crippen LogP contribution in [0.3, 0.4) is 0 Å². The van der Waals surface area contributed by atoms with Gasteiger partial charge in [-0.2, -0.15) is 0 Å². The molecule has 6 heteroatoms. The van der Waals surface area contributed by atoms with Crippen LogP contribution in [-0.4, -0.2) is 24.2 Å². The molecule has 2 aromatic rings. The number of anilines is 1. The molecule has 0 unspecified atom stereocenters. The lowest BCUT2D eigenvalue weighted by molar-refractivity contribution is -0.128. The largest absolute Gasteiger partial charge is 0.493 e. The minimum atomic E-state index is -0.564. The Balaban J connectivity index is 1.77. The molecule has 0 aliphatic rings. The van der Waals surface area contributed by atoms with Crippen LogP contribution in [0.1, 0.15) is 51.7 Å². The number of carbonyl (C=O) groups is 1. The summed E-state index contributed by atoms with van der Waals surface area (Å²) in [6, 6.07) is 13.7. The minimum Gasteiger partial charge on any atom is -0.493 e. The van der Waals surface area contributed by atoms with Crippen molar-refractivity contribution in [2.24, 2.45) is 11.3 Å². The Hall–Kier alpha value is -2.60. The van der Waals surface area contributed by atoms with E-state index in [2.05, 4.69) is 36.6 Å². The third-order valence-corrected chi connectivity index (χ3v) is 5.29. The molecule has 5 nitrogen and oxygen atoms in total. The molecule has 0 atom stereocenters. The highest BCUT2D eigenvalue weighted by Crippen LogP contribution is 2.24. The molecule has 0 spiro atoms. The van der Waals surface area contributed by atoms with Crippen LogP contribution in [0.2, 0.25) is 0 Å². The van der Waals surface area contributed by atoms with E-state index in [-0.39, 0.29) is 11.0 Å². The maximum atomic E-state index is 12.7. The van der Waals surface area contributed by atoms with Gasteiger partial charge >= 0.3 is 0 Å². The first-order valence-electron chi connectivity index (χ1n) is 11.1. The Morgan fingerprint density at radius 3 is 2.41 bits per heavy atom. The lowest BCUT2D eigenvalue weighted by atomic mass is 9.87. The van der Waals surface area contributed by atoms with E-state index in [1.54, 1.807) is 0 Å². The standard InChI is InChI=1S/C26H36N2O3S/c1-18(2)17-31-22-12-10-21(11-13-22)27-25(32)28-24(29)26(5,6)14-7-15-30-23-16-19(3)8-9-20(23)4/h8-13,16,18H,7,14-15,17H2,1-6H3,(H2,27,28,29,32). The number of aryl methyl sites for hydroxylation is 2. The molecule has 0 aliphatic heterocycles. The first-order chi connectivity index (χ1) is 15.1. The summed E-state index contributed by atoms with van der Waals surface area (Å²) < 4.78 is 11.6. The number of amides is 1. The molecule has 0 heterocycles. The van der Waals surface area contributed by atoms with E-state index in [1.165, 1.54) is 5.56 Å². The Labute approximate surface area is 197 Å². The van der Waals surface area contributed by atoms with Crippen LogP contribution in [0.4, 0.5) is 5.69 Å². The summed E-state index contributed by atoms with van der Waals surface area (Å²) in [6.45, 7) is 13.4. The quantitative estimate of drug-likeness (QED) is 0.337. The number of hydrogen-bond acceptors (Lipinski definition) is 4. The van der Waals surface area contributed by atoms with Crippen LogP contribution < -0.4 is 20.1 Å². The Morgan fingerprint density at radius 1 is 1.06 bits per heavy atom. The first-order valence-corrected chi connectivity index (χ1v) is 11.5. The monoisotopic (exact) mass is 456 g/mol. The second-order valence-electron chi connectivity index (χ2n) is 9.24. The smallest absolute Gasteiger partial charge is 0.231 e. The van der Waals surface area contributed by atoms with Gasteiger partial charge in [-0.3, -0.25) is 4.79 Å². The maximum Gasteiger partial charge on any atom is 0.231 e. The zero-order chi connectivity index (χ0) is 23.7. The van der Waals surface area contributed by atoms with Gasteiger partial charge in [0.1, 0.15) is 11.5 Å². The molecule has 174 valence electrons. The molecule has 0 fully saturated rings. The molecular weight excluding hydrogens is 420 g/mol. The van der Waals surface area contributed by atoms with E-state index in [4.69, 9.17) is 21.7 Å². The van der Waals surface area contributed by atoms with Crippen molar-refractivity contribution in [3.63, 3.8) is 0 Å². The SMILES string of the molecule is Cc1ccc(C)c(OCCCC(C)(C)C(=O)NC(=S)Nc2ccc(OCC(C)C)cc2)c1. The van der Waals surface area contributed by atoms with Crippen molar-refractivity contribution >= 4 is 28.9 Å². The van der Waals surface area contributed by atoms with Crippen molar-refractivity contribution in [1.82, 2.24) is 5.32 Å². The molecule has 0 radical (unpaired) electrons. The molecule has 32 heavy (non-hydrogen) atoms. The number of ether oxygens (including phenoxy) is 2. The number of hydrogen-bond donors (Lipinski definition) is 2. The molecule has 1 amide bonds. The lowest BCUT2D eigenvalue weighted by Crippen LogP contribution is -2.42. The summed E-state index contributed by atoms with van der Waals surface area (Å²) in [6.07, 6.45) is 1.46. The van der Waals surface area contributed by atoms with E-state index in [0.29, 0.717) is 25.6 Å². The average molecular weight is 457 g/mol. The van der Waals surface area contributed by atoms with E-state index in [9.17, 15) is 4.79 Å². The average Bonchev–Trinajstić information content (AvgIpc) is 2.73. The summed E-state index contributed by atoms with van der Waals surface area (Å²) in [5.41, 5.74) is 2.52. The number of thiocarbonyl (C=S) groups is 1. The predicted octanol–water partition coefficient (Wildman–Crippen LogP) is 6.04. The zero-order valence-corrected chi connectivity index (χ0v) is 20.9. The number of benzene rings is 2. The highest BCUT2D eigenvalue weighted by Gasteiger charge is 2.27. The molecule has 0 bridgehead atoms. The Morgan fingerprint density at radius 2 is 1.75 bits per heavy atom. The number of nitrogens with one attached hydrogen (secondary N) is 2. The van der Waals surface area contributed by atoms with Crippen LogP contribution in [0, 0.1) is 25.2 Å². The molecule has 0 saturated carbocycles. The fourth-order valence-electron chi connectivity index (χ4n) is 3.00. The third-order valence-electron chi connectivity index (χ3n) is 5.08. The third kappa shape index (κ3) is 8.50. The van der Waals surface area contributed by atoms with E-state index in [1.807, 2.05) is 58.0 Å². The number of rotatable bonds is 10. The van der Waals surface area contributed by atoms with Crippen molar-refractivity contribution in [3.8, 4) is 11.5 Å². The summed E-state index contributed by atoms with van der Waals surface area (Å²) in [5.74, 6) is 2.07. The van der Waals surface area contributed by atoms with Crippen molar-refractivity contribution in [2.45, 2.75) is 54.4 Å². The van der Waals surface area contributed by atoms with Crippen LogP contribution in [0.15, 0.2) is 42.5 Å².